The molecule has 1 aliphatic heterocycles. The van der Waals surface area contributed by atoms with Gasteiger partial charge < -0.3 is 10.2 Å². The van der Waals surface area contributed by atoms with Crippen LogP contribution in [-0.4, -0.2) is 40.6 Å². The molecule has 3 fully saturated rings. The third kappa shape index (κ3) is 2.60. The summed E-state index contributed by atoms with van der Waals surface area (Å²) in [4.78, 5) is 12.2. The monoisotopic (exact) mass is 290 g/mol. The lowest BCUT2D eigenvalue weighted by molar-refractivity contribution is 0.807. The molecule has 3 aliphatic rings. The maximum Gasteiger partial charge on any atom is 0.137 e. The molecular formula is C15H22N4S. The van der Waals surface area contributed by atoms with Crippen molar-refractivity contribution in [2.24, 2.45) is 0 Å². The standard InChI is InChI=1S/C15H22N4S/c1-10-13(16-12-4-5-12)17-14(11-2-3-11)18-15(10)19-6-8-20-9-7-19/h11-12H,2-9H2,1H3,(H,16,17,18). The fraction of sp³-hybridized carbons (Fsp3) is 0.733. The molecule has 0 radical (unpaired) electrons. The maximum atomic E-state index is 4.91. The van der Waals surface area contributed by atoms with Crippen molar-refractivity contribution in [3.8, 4) is 0 Å². The fourth-order valence-corrected chi connectivity index (χ4v) is 3.59. The first-order valence-electron chi connectivity index (χ1n) is 7.79. The minimum atomic E-state index is 0.619. The molecule has 1 N–H and O–H groups in total. The summed E-state index contributed by atoms with van der Waals surface area (Å²) in [7, 11) is 0. The second-order valence-corrected chi connectivity index (χ2v) is 7.40. The summed E-state index contributed by atoms with van der Waals surface area (Å²) in [6.07, 6.45) is 5.11. The second kappa shape index (κ2) is 5.10. The Hall–Kier alpha value is -0.970. The first-order valence-corrected chi connectivity index (χ1v) is 8.94. The summed E-state index contributed by atoms with van der Waals surface area (Å²) in [5.74, 6) is 6.41. The zero-order chi connectivity index (χ0) is 13.5. The molecule has 0 spiro atoms. The summed E-state index contributed by atoms with van der Waals surface area (Å²) in [6, 6.07) is 0.653. The van der Waals surface area contributed by atoms with Crippen LogP contribution in [0.2, 0.25) is 0 Å². The molecule has 0 aromatic carbocycles. The van der Waals surface area contributed by atoms with Crippen LogP contribution in [0.15, 0.2) is 0 Å². The molecular weight excluding hydrogens is 268 g/mol. The molecule has 1 aromatic rings. The van der Waals surface area contributed by atoms with Crippen LogP contribution in [0.25, 0.3) is 0 Å². The number of anilines is 2. The van der Waals surface area contributed by atoms with Crippen LogP contribution in [0.5, 0.6) is 0 Å². The van der Waals surface area contributed by atoms with E-state index in [1.807, 2.05) is 11.8 Å². The topological polar surface area (TPSA) is 41.1 Å². The van der Waals surface area contributed by atoms with Crippen LogP contribution in [0.1, 0.15) is 43.0 Å². The van der Waals surface area contributed by atoms with Crippen LogP contribution in [0.3, 0.4) is 0 Å². The molecule has 5 heteroatoms. The smallest absolute Gasteiger partial charge is 0.137 e. The van der Waals surface area contributed by atoms with Crippen LogP contribution in [-0.2, 0) is 0 Å². The highest BCUT2D eigenvalue weighted by Crippen LogP contribution is 2.40. The van der Waals surface area contributed by atoms with Crippen molar-refractivity contribution in [1.82, 2.24) is 9.97 Å². The zero-order valence-electron chi connectivity index (χ0n) is 12.1. The van der Waals surface area contributed by atoms with Gasteiger partial charge in [-0.25, -0.2) is 9.97 Å². The Labute approximate surface area is 124 Å². The highest BCUT2D eigenvalue weighted by molar-refractivity contribution is 7.99. The number of rotatable bonds is 4. The van der Waals surface area contributed by atoms with E-state index in [-0.39, 0.29) is 0 Å². The van der Waals surface area contributed by atoms with Crippen molar-refractivity contribution < 1.29 is 0 Å². The van der Waals surface area contributed by atoms with Gasteiger partial charge in [0.25, 0.3) is 0 Å². The van der Waals surface area contributed by atoms with Gasteiger partial charge >= 0.3 is 0 Å². The molecule has 2 heterocycles. The summed E-state index contributed by atoms with van der Waals surface area (Å²) >= 11 is 2.05. The third-order valence-corrected chi connectivity index (χ3v) is 5.25. The van der Waals surface area contributed by atoms with E-state index in [2.05, 4.69) is 17.1 Å². The zero-order valence-corrected chi connectivity index (χ0v) is 12.9. The van der Waals surface area contributed by atoms with E-state index in [4.69, 9.17) is 9.97 Å². The Balaban J connectivity index is 1.68. The number of hydrogen-bond acceptors (Lipinski definition) is 5. The van der Waals surface area contributed by atoms with Gasteiger partial charge in [0.05, 0.1) is 0 Å². The van der Waals surface area contributed by atoms with E-state index in [0.29, 0.717) is 12.0 Å². The Bertz CT molecular complexity index is 505. The van der Waals surface area contributed by atoms with Crippen LogP contribution in [0, 0.1) is 6.92 Å². The van der Waals surface area contributed by atoms with Gasteiger partial charge in [-0.1, -0.05) is 0 Å². The van der Waals surface area contributed by atoms with E-state index in [1.54, 1.807) is 0 Å². The van der Waals surface area contributed by atoms with E-state index in [0.717, 1.165) is 24.7 Å². The number of nitrogens with one attached hydrogen (secondary N) is 1. The van der Waals surface area contributed by atoms with Gasteiger partial charge in [-0.15, -0.1) is 0 Å². The number of thioether (sulfide) groups is 1. The molecule has 4 rings (SSSR count). The molecule has 0 atom stereocenters. The molecule has 2 saturated carbocycles. The fourth-order valence-electron chi connectivity index (χ4n) is 2.69. The van der Waals surface area contributed by atoms with E-state index in [9.17, 15) is 0 Å². The number of aromatic nitrogens is 2. The van der Waals surface area contributed by atoms with Crippen LogP contribution < -0.4 is 10.2 Å². The summed E-state index contributed by atoms with van der Waals surface area (Å²) in [6.45, 7) is 4.42. The molecule has 0 unspecified atom stereocenters. The maximum absolute atomic E-state index is 4.91. The van der Waals surface area contributed by atoms with Gasteiger partial charge in [-0.3, -0.25) is 0 Å². The second-order valence-electron chi connectivity index (χ2n) is 6.17. The SMILES string of the molecule is Cc1c(NC2CC2)nc(C2CC2)nc1N1CCSCC1. The Morgan fingerprint density at radius 3 is 2.50 bits per heavy atom. The summed E-state index contributed by atoms with van der Waals surface area (Å²) in [5.41, 5.74) is 1.24. The minimum Gasteiger partial charge on any atom is -0.367 e. The van der Waals surface area contributed by atoms with Crippen molar-refractivity contribution in [2.45, 2.75) is 44.6 Å². The number of hydrogen-bond donors (Lipinski definition) is 1. The minimum absolute atomic E-state index is 0.619. The van der Waals surface area contributed by atoms with Crippen molar-refractivity contribution in [2.75, 3.05) is 34.8 Å². The lowest BCUT2D eigenvalue weighted by Crippen LogP contribution is -2.34. The summed E-state index contributed by atoms with van der Waals surface area (Å²) < 4.78 is 0. The quantitative estimate of drug-likeness (QED) is 0.923. The first-order chi connectivity index (χ1) is 9.81. The van der Waals surface area contributed by atoms with Crippen LogP contribution in [0.4, 0.5) is 11.6 Å². The number of nitrogens with zero attached hydrogens (tertiary/aromatic N) is 3. The van der Waals surface area contributed by atoms with E-state index in [1.165, 1.54) is 48.6 Å². The highest BCUT2D eigenvalue weighted by Gasteiger charge is 2.30. The van der Waals surface area contributed by atoms with Crippen molar-refractivity contribution in [3.63, 3.8) is 0 Å². The predicted octanol–water partition coefficient (Wildman–Crippen LogP) is 2.79. The summed E-state index contributed by atoms with van der Waals surface area (Å²) in [5, 5.41) is 3.60. The largest absolute Gasteiger partial charge is 0.367 e. The Morgan fingerprint density at radius 1 is 1.10 bits per heavy atom. The lowest BCUT2D eigenvalue weighted by atomic mass is 10.2. The Morgan fingerprint density at radius 2 is 1.85 bits per heavy atom. The molecule has 2 aliphatic carbocycles. The average molecular weight is 290 g/mol. The first kappa shape index (κ1) is 12.7. The van der Waals surface area contributed by atoms with Crippen molar-refractivity contribution in [3.05, 3.63) is 11.4 Å². The van der Waals surface area contributed by atoms with Gasteiger partial charge in [0.15, 0.2) is 0 Å². The molecule has 1 aromatic heterocycles. The predicted molar refractivity (Wildman–Crippen MR) is 84.9 cm³/mol. The van der Waals surface area contributed by atoms with Gasteiger partial charge in [-0.2, -0.15) is 11.8 Å². The highest BCUT2D eigenvalue weighted by atomic mass is 32.2. The van der Waals surface area contributed by atoms with Crippen LogP contribution >= 0.6 is 11.8 Å². The van der Waals surface area contributed by atoms with E-state index >= 15 is 0 Å². The molecule has 1 saturated heterocycles. The van der Waals surface area contributed by atoms with E-state index < -0.39 is 0 Å². The molecule has 108 valence electrons. The van der Waals surface area contributed by atoms with Crippen molar-refractivity contribution >= 4 is 23.4 Å². The van der Waals surface area contributed by atoms with Gasteiger partial charge in [0.1, 0.15) is 17.5 Å². The average Bonchev–Trinajstić information content (AvgIpc) is 3.36. The molecule has 0 bridgehead atoms. The van der Waals surface area contributed by atoms with Crippen molar-refractivity contribution in [1.29, 1.82) is 0 Å². The molecule has 0 amide bonds. The Kier molecular flexibility index (Phi) is 3.25. The third-order valence-electron chi connectivity index (χ3n) is 4.31. The van der Waals surface area contributed by atoms with Gasteiger partial charge in [0, 0.05) is 42.1 Å². The lowest BCUT2D eigenvalue weighted by Gasteiger charge is -2.29. The van der Waals surface area contributed by atoms with Gasteiger partial charge in [-0.05, 0) is 32.6 Å². The normalized spacial score (nSPS) is 22.9. The molecule has 4 nitrogen and oxygen atoms in total. The van der Waals surface area contributed by atoms with Gasteiger partial charge in [0.2, 0.25) is 0 Å². The molecule has 20 heavy (non-hydrogen) atoms.